The smallest absolute Gasteiger partial charge is 0.0340 e. The first-order valence-corrected chi connectivity index (χ1v) is 8.69. The van der Waals surface area contributed by atoms with E-state index in [1.54, 1.807) is 0 Å². The molecule has 1 aliphatic rings. The topological polar surface area (TPSA) is 12.4 Å². The summed E-state index contributed by atoms with van der Waals surface area (Å²) >= 11 is 0. The van der Waals surface area contributed by atoms with Crippen LogP contribution in [0.15, 0.2) is 51.7 Å². The van der Waals surface area contributed by atoms with Gasteiger partial charge in [-0.2, -0.15) is 0 Å². The third kappa shape index (κ3) is 8.17. The van der Waals surface area contributed by atoms with Crippen molar-refractivity contribution in [3.05, 3.63) is 46.7 Å². The van der Waals surface area contributed by atoms with Crippen LogP contribution in [-0.4, -0.2) is 6.21 Å². The minimum Gasteiger partial charge on any atom is -0.264 e. The van der Waals surface area contributed by atoms with Crippen LogP contribution in [0.3, 0.4) is 0 Å². The third-order valence-corrected chi connectivity index (χ3v) is 4.15. The maximum Gasteiger partial charge on any atom is 0.0340 e. The Kier molecular flexibility index (Phi) is 8.81. The van der Waals surface area contributed by atoms with Gasteiger partial charge in [-0.15, -0.1) is 0 Å². The third-order valence-electron chi connectivity index (χ3n) is 4.15. The van der Waals surface area contributed by atoms with Crippen molar-refractivity contribution in [2.24, 2.45) is 10.9 Å². The lowest BCUT2D eigenvalue weighted by molar-refractivity contribution is 0.356. The zero-order valence-electron chi connectivity index (χ0n) is 15.2. The number of hydrogen-bond donors (Lipinski definition) is 0. The molecule has 1 aliphatic carbocycles. The fraction of sp³-hybridized carbons (Fsp3) is 0.571. The quantitative estimate of drug-likeness (QED) is 0.378. The van der Waals surface area contributed by atoms with Gasteiger partial charge in [0, 0.05) is 12.4 Å². The molecule has 0 radical (unpaired) electrons. The van der Waals surface area contributed by atoms with Crippen LogP contribution in [-0.2, 0) is 0 Å². The molecule has 1 nitrogen and oxygen atoms in total. The minimum atomic E-state index is 0.892. The van der Waals surface area contributed by atoms with Gasteiger partial charge in [0.25, 0.3) is 0 Å². The number of aliphatic imine (C=N–C) groups is 1. The molecule has 22 heavy (non-hydrogen) atoms. The molecule has 0 saturated heterocycles. The molecule has 0 aromatic heterocycles. The molecule has 0 unspecified atom stereocenters. The van der Waals surface area contributed by atoms with Crippen molar-refractivity contribution in [1.29, 1.82) is 0 Å². The number of nitrogens with zero attached hydrogens (tertiary/aromatic N) is 1. The Hall–Kier alpha value is -1.37. The maximum atomic E-state index is 4.43. The molecule has 0 atom stereocenters. The highest BCUT2D eigenvalue weighted by Crippen LogP contribution is 2.29. The Morgan fingerprint density at radius 1 is 1.00 bits per heavy atom. The Morgan fingerprint density at radius 3 is 2.27 bits per heavy atom. The van der Waals surface area contributed by atoms with Crippen LogP contribution in [0.2, 0.25) is 0 Å². The molecule has 0 amide bonds. The molecule has 1 fully saturated rings. The largest absolute Gasteiger partial charge is 0.264 e. The van der Waals surface area contributed by atoms with Gasteiger partial charge in [0.1, 0.15) is 0 Å². The highest BCUT2D eigenvalue weighted by molar-refractivity contribution is 5.83. The Morgan fingerprint density at radius 2 is 1.68 bits per heavy atom. The number of hydrogen-bond acceptors (Lipinski definition) is 1. The van der Waals surface area contributed by atoms with E-state index in [2.05, 4.69) is 57.8 Å². The van der Waals surface area contributed by atoms with Gasteiger partial charge in [-0.25, -0.2) is 0 Å². The molecule has 1 saturated carbocycles. The highest BCUT2D eigenvalue weighted by Gasteiger charge is 2.13. The SMILES string of the molecule is C\C=C(C)/C=C(C=NC=C(C)C)\C=C(/C)CC1CCCCC1. The van der Waals surface area contributed by atoms with E-state index in [1.807, 2.05) is 12.4 Å². The van der Waals surface area contributed by atoms with Gasteiger partial charge < -0.3 is 0 Å². The van der Waals surface area contributed by atoms with Crippen molar-refractivity contribution in [2.75, 3.05) is 0 Å². The summed E-state index contributed by atoms with van der Waals surface area (Å²) in [5.74, 6) is 0.892. The van der Waals surface area contributed by atoms with Crippen LogP contribution < -0.4 is 0 Å². The lowest BCUT2D eigenvalue weighted by Gasteiger charge is -2.21. The van der Waals surface area contributed by atoms with E-state index in [9.17, 15) is 0 Å². The summed E-state index contributed by atoms with van der Waals surface area (Å²) in [4.78, 5) is 4.43. The maximum absolute atomic E-state index is 4.43. The molecule has 0 aromatic carbocycles. The van der Waals surface area contributed by atoms with E-state index in [0.29, 0.717) is 0 Å². The molecule has 0 heterocycles. The van der Waals surface area contributed by atoms with Crippen LogP contribution in [0.5, 0.6) is 0 Å². The van der Waals surface area contributed by atoms with Gasteiger partial charge in [0.05, 0.1) is 0 Å². The lowest BCUT2D eigenvalue weighted by atomic mass is 9.85. The zero-order valence-corrected chi connectivity index (χ0v) is 15.2. The van der Waals surface area contributed by atoms with E-state index in [1.165, 1.54) is 60.8 Å². The zero-order chi connectivity index (χ0) is 16.4. The summed E-state index contributed by atoms with van der Waals surface area (Å²) in [5, 5.41) is 0. The lowest BCUT2D eigenvalue weighted by Crippen LogP contribution is -2.06. The molecule has 0 N–H and O–H groups in total. The normalized spacial score (nSPS) is 18.9. The first-order chi connectivity index (χ1) is 10.5. The summed E-state index contributed by atoms with van der Waals surface area (Å²) in [6.07, 6.45) is 18.9. The summed E-state index contributed by atoms with van der Waals surface area (Å²) < 4.78 is 0. The van der Waals surface area contributed by atoms with Crippen molar-refractivity contribution >= 4 is 6.21 Å². The molecule has 1 heteroatoms. The van der Waals surface area contributed by atoms with Crippen molar-refractivity contribution in [3.8, 4) is 0 Å². The summed E-state index contributed by atoms with van der Waals surface area (Å²) in [7, 11) is 0. The minimum absolute atomic E-state index is 0.892. The summed E-state index contributed by atoms with van der Waals surface area (Å²) in [6, 6.07) is 0. The fourth-order valence-electron chi connectivity index (χ4n) is 2.92. The van der Waals surface area contributed by atoms with E-state index in [-0.39, 0.29) is 0 Å². The van der Waals surface area contributed by atoms with Gasteiger partial charge >= 0.3 is 0 Å². The second-order valence-corrected chi connectivity index (χ2v) is 6.86. The van der Waals surface area contributed by atoms with Gasteiger partial charge in [0.2, 0.25) is 0 Å². The average molecular weight is 300 g/mol. The van der Waals surface area contributed by atoms with Gasteiger partial charge in [-0.3, -0.25) is 4.99 Å². The first kappa shape index (κ1) is 18.7. The predicted octanol–water partition coefficient (Wildman–Crippen LogP) is 6.79. The van der Waals surface area contributed by atoms with Crippen molar-refractivity contribution < 1.29 is 0 Å². The van der Waals surface area contributed by atoms with Crippen LogP contribution >= 0.6 is 0 Å². The molecule has 0 aliphatic heterocycles. The Balaban J connectivity index is 2.81. The standard InChI is InChI=1S/C21H33N/c1-6-18(4)12-21(16-22-15-17(2)3)14-19(5)13-20-10-8-7-9-11-20/h6,12,14-16,20H,7-11,13H2,1-5H3/b18-6-,19-14+,21-12+,22-16?. The van der Waals surface area contributed by atoms with Crippen LogP contribution in [0.1, 0.15) is 73.1 Å². The summed E-state index contributed by atoms with van der Waals surface area (Å²) in [6.45, 7) is 10.6. The van der Waals surface area contributed by atoms with E-state index < -0.39 is 0 Å². The van der Waals surface area contributed by atoms with E-state index >= 15 is 0 Å². The Labute approximate surface area is 137 Å². The molecular weight excluding hydrogens is 266 g/mol. The van der Waals surface area contributed by atoms with Crippen LogP contribution in [0.4, 0.5) is 0 Å². The molecule has 1 rings (SSSR count). The monoisotopic (exact) mass is 299 g/mol. The van der Waals surface area contributed by atoms with E-state index in [0.717, 1.165) is 5.92 Å². The number of rotatable bonds is 6. The second-order valence-electron chi connectivity index (χ2n) is 6.86. The van der Waals surface area contributed by atoms with Crippen molar-refractivity contribution in [3.63, 3.8) is 0 Å². The van der Waals surface area contributed by atoms with Crippen molar-refractivity contribution in [2.45, 2.75) is 73.1 Å². The molecule has 122 valence electrons. The molecule has 0 bridgehead atoms. The molecular formula is C21H33N. The highest BCUT2D eigenvalue weighted by atomic mass is 14.7. The first-order valence-electron chi connectivity index (χ1n) is 8.69. The van der Waals surface area contributed by atoms with Gasteiger partial charge in [-0.1, -0.05) is 67.1 Å². The van der Waals surface area contributed by atoms with Crippen LogP contribution in [0, 0.1) is 5.92 Å². The fourth-order valence-corrected chi connectivity index (χ4v) is 2.92. The average Bonchev–Trinajstić information content (AvgIpc) is 2.47. The van der Waals surface area contributed by atoms with Gasteiger partial charge in [0.15, 0.2) is 0 Å². The Bertz CT molecular complexity index is 476. The second kappa shape index (κ2) is 10.4. The van der Waals surface area contributed by atoms with Gasteiger partial charge in [-0.05, 0) is 52.5 Å². The number of allylic oxidation sites excluding steroid dienone is 7. The predicted molar refractivity (Wildman–Crippen MR) is 100 cm³/mol. The molecule has 0 spiro atoms. The van der Waals surface area contributed by atoms with E-state index in [4.69, 9.17) is 0 Å². The molecule has 0 aromatic rings. The van der Waals surface area contributed by atoms with Crippen LogP contribution in [0.25, 0.3) is 0 Å². The summed E-state index contributed by atoms with van der Waals surface area (Å²) in [5.41, 5.74) is 5.17. The van der Waals surface area contributed by atoms with Crippen molar-refractivity contribution in [1.82, 2.24) is 0 Å².